The number of ether oxygens (including phenoxy) is 1. The third kappa shape index (κ3) is 4.97. The molecule has 0 amide bonds. The van der Waals surface area contributed by atoms with Crippen molar-refractivity contribution in [3.63, 3.8) is 0 Å². The summed E-state index contributed by atoms with van der Waals surface area (Å²) < 4.78 is 43.4. The van der Waals surface area contributed by atoms with Crippen LogP contribution >= 0.6 is 0 Å². The van der Waals surface area contributed by atoms with E-state index >= 15 is 0 Å². The number of aromatic hydroxyl groups is 1. The second-order valence-corrected chi connectivity index (χ2v) is 10.4. The standard InChI is InChI=1S/C25H35F3O2/c1-16-9-10-19-18(13-16)22-20(29)14-17(15-21(22)30-24(19,4)5)23(2,3)11-7-6-8-12-25(26,27)28/h9,14-15,18-19,29H,6-8,10-13H2,1-5H3. The maximum atomic E-state index is 12.3. The molecule has 0 saturated carbocycles. The number of allylic oxidation sites excluding steroid dienone is 2. The molecule has 1 N–H and O–H groups in total. The molecule has 1 aliphatic heterocycles. The number of rotatable bonds is 6. The van der Waals surface area contributed by atoms with E-state index in [9.17, 15) is 18.3 Å². The van der Waals surface area contributed by atoms with Gasteiger partial charge in [-0.25, -0.2) is 0 Å². The zero-order valence-corrected chi connectivity index (χ0v) is 18.8. The molecule has 0 fully saturated rings. The largest absolute Gasteiger partial charge is 0.508 e. The summed E-state index contributed by atoms with van der Waals surface area (Å²) in [6.45, 7) is 10.6. The molecule has 2 unspecified atom stereocenters. The van der Waals surface area contributed by atoms with E-state index < -0.39 is 12.6 Å². The van der Waals surface area contributed by atoms with Crippen LogP contribution in [0.15, 0.2) is 23.8 Å². The van der Waals surface area contributed by atoms with Gasteiger partial charge in [-0.1, -0.05) is 38.3 Å². The Morgan fingerprint density at radius 3 is 2.43 bits per heavy atom. The number of hydrogen-bond donors (Lipinski definition) is 1. The molecule has 1 heterocycles. The fourth-order valence-electron chi connectivity index (χ4n) is 5.17. The molecule has 0 aromatic heterocycles. The number of benzene rings is 1. The van der Waals surface area contributed by atoms with Crippen molar-refractivity contribution >= 4 is 0 Å². The number of halogens is 3. The van der Waals surface area contributed by atoms with Gasteiger partial charge in [-0.05, 0) is 69.6 Å². The maximum absolute atomic E-state index is 12.3. The average molecular weight is 425 g/mol. The molecule has 0 radical (unpaired) electrons. The average Bonchev–Trinajstić information content (AvgIpc) is 2.58. The highest BCUT2D eigenvalue weighted by molar-refractivity contribution is 5.54. The third-order valence-electron chi connectivity index (χ3n) is 7.05. The van der Waals surface area contributed by atoms with Gasteiger partial charge in [0.05, 0.1) is 0 Å². The second kappa shape index (κ2) is 8.12. The van der Waals surface area contributed by atoms with E-state index in [-0.39, 0.29) is 29.1 Å². The minimum atomic E-state index is -4.07. The zero-order chi connectivity index (χ0) is 22.3. The van der Waals surface area contributed by atoms with Gasteiger partial charge in [-0.15, -0.1) is 0 Å². The number of fused-ring (bicyclic) bond motifs is 3. The van der Waals surface area contributed by atoms with Crippen molar-refractivity contribution in [2.45, 2.75) is 103 Å². The van der Waals surface area contributed by atoms with Gasteiger partial charge in [0.15, 0.2) is 0 Å². The summed E-state index contributed by atoms with van der Waals surface area (Å²) in [5.41, 5.74) is 2.67. The van der Waals surface area contributed by atoms with Crippen LogP contribution in [0.3, 0.4) is 0 Å². The quantitative estimate of drug-likeness (QED) is 0.373. The molecular formula is C25H35F3O2. The predicted molar refractivity (Wildman–Crippen MR) is 114 cm³/mol. The van der Waals surface area contributed by atoms with E-state index in [0.29, 0.717) is 12.3 Å². The maximum Gasteiger partial charge on any atom is 0.389 e. The van der Waals surface area contributed by atoms with Gasteiger partial charge in [-0.2, -0.15) is 13.2 Å². The van der Waals surface area contributed by atoms with Crippen LogP contribution in [0.1, 0.15) is 96.6 Å². The molecule has 30 heavy (non-hydrogen) atoms. The Hall–Kier alpha value is -1.65. The fraction of sp³-hybridized carbons (Fsp3) is 0.680. The lowest BCUT2D eigenvalue weighted by Crippen LogP contribution is -2.45. The van der Waals surface area contributed by atoms with Crippen molar-refractivity contribution in [3.8, 4) is 11.5 Å². The number of phenolic OH excluding ortho intramolecular Hbond substituents is 1. The topological polar surface area (TPSA) is 29.5 Å². The summed E-state index contributed by atoms with van der Waals surface area (Å²) in [5, 5.41) is 11.0. The van der Waals surface area contributed by atoms with Crippen molar-refractivity contribution in [2.75, 3.05) is 0 Å². The van der Waals surface area contributed by atoms with Crippen molar-refractivity contribution < 1.29 is 23.0 Å². The van der Waals surface area contributed by atoms with Crippen LogP contribution in [0.2, 0.25) is 0 Å². The molecule has 1 aliphatic carbocycles. The van der Waals surface area contributed by atoms with E-state index in [2.05, 4.69) is 46.8 Å². The first-order valence-electron chi connectivity index (χ1n) is 11.1. The molecule has 168 valence electrons. The first-order valence-corrected chi connectivity index (χ1v) is 11.1. The van der Waals surface area contributed by atoms with Crippen LogP contribution in [-0.2, 0) is 5.41 Å². The molecule has 1 aromatic carbocycles. The molecule has 1 aromatic rings. The van der Waals surface area contributed by atoms with E-state index in [1.165, 1.54) is 5.57 Å². The van der Waals surface area contributed by atoms with Crippen molar-refractivity contribution in [3.05, 3.63) is 34.9 Å². The Bertz CT molecular complexity index is 805. The SMILES string of the molecule is CC1=CCC2C(C1)c1c(O)cc(C(C)(C)CCCCCC(F)(F)F)cc1OC2(C)C. The summed E-state index contributed by atoms with van der Waals surface area (Å²) >= 11 is 0. The Morgan fingerprint density at radius 2 is 1.77 bits per heavy atom. The van der Waals surface area contributed by atoms with Gasteiger partial charge in [0.2, 0.25) is 0 Å². The number of unbranched alkanes of at least 4 members (excludes halogenated alkanes) is 2. The first-order chi connectivity index (χ1) is 13.8. The van der Waals surface area contributed by atoms with Gasteiger partial charge in [0.1, 0.15) is 17.1 Å². The minimum absolute atomic E-state index is 0.169. The Labute approximate surface area is 178 Å². The molecule has 0 saturated heterocycles. The predicted octanol–water partition coefficient (Wildman–Crippen LogP) is 7.79. The second-order valence-electron chi connectivity index (χ2n) is 10.4. The van der Waals surface area contributed by atoms with E-state index in [4.69, 9.17) is 4.74 Å². The van der Waals surface area contributed by atoms with Gasteiger partial charge >= 0.3 is 6.18 Å². The zero-order valence-electron chi connectivity index (χ0n) is 18.8. The smallest absolute Gasteiger partial charge is 0.389 e. The molecule has 0 spiro atoms. The summed E-state index contributed by atoms with van der Waals surface area (Å²) in [4.78, 5) is 0. The monoisotopic (exact) mass is 424 g/mol. The summed E-state index contributed by atoms with van der Waals surface area (Å²) in [6.07, 6.45) is 1.59. The van der Waals surface area contributed by atoms with Gasteiger partial charge in [0.25, 0.3) is 0 Å². The lowest BCUT2D eigenvalue weighted by Gasteiger charge is -2.47. The van der Waals surface area contributed by atoms with E-state index in [0.717, 1.165) is 42.6 Å². The van der Waals surface area contributed by atoms with E-state index in [1.54, 1.807) is 0 Å². The number of phenols is 1. The van der Waals surface area contributed by atoms with Crippen LogP contribution in [-0.4, -0.2) is 16.9 Å². The van der Waals surface area contributed by atoms with Crippen LogP contribution < -0.4 is 4.74 Å². The third-order valence-corrected chi connectivity index (χ3v) is 7.05. The molecular weight excluding hydrogens is 389 g/mol. The lowest BCUT2D eigenvalue weighted by atomic mass is 9.66. The summed E-state index contributed by atoms with van der Waals surface area (Å²) in [5.74, 6) is 1.62. The van der Waals surface area contributed by atoms with Gasteiger partial charge < -0.3 is 9.84 Å². The minimum Gasteiger partial charge on any atom is -0.508 e. The molecule has 0 bridgehead atoms. The Morgan fingerprint density at radius 1 is 1.10 bits per heavy atom. The van der Waals surface area contributed by atoms with Crippen molar-refractivity contribution in [2.24, 2.45) is 5.92 Å². The van der Waals surface area contributed by atoms with Gasteiger partial charge in [-0.3, -0.25) is 0 Å². The highest BCUT2D eigenvalue weighted by Gasteiger charge is 2.46. The summed E-state index contributed by atoms with van der Waals surface area (Å²) in [7, 11) is 0. The first kappa shape index (κ1) is 23.0. The Kier molecular flexibility index (Phi) is 6.23. The van der Waals surface area contributed by atoms with Crippen molar-refractivity contribution in [1.29, 1.82) is 0 Å². The highest BCUT2D eigenvalue weighted by Crippen LogP contribution is 2.55. The van der Waals surface area contributed by atoms with Gasteiger partial charge in [0, 0.05) is 23.8 Å². The Balaban J connectivity index is 1.79. The van der Waals surface area contributed by atoms with Crippen LogP contribution in [0, 0.1) is 5.92 Å². The molecule has 5 heteroatoms. The number of alkyl halides is 3. The fourth-order valence-corrected chi connectivity index (χ4v) is 5.17. The number of hydrogen-bond acceptors (Lipinski definition) is 2. The normalized spacial score (nSPS) is 23.3. The van der Waals surface area contributed by atoms with Crippen LogP contribution in [0.4, 0.5) is 13.2 Å². The molecule has 2 aliphatic rings. The van der Waals surface area contributed by atoms with E-state index in [1.807, 2.05) is 6.07 Å². The molecule has 3 rings (SSSR count). The highest BCUT2D eigenvalue weighted by atomic mass is 19.4. The summed E-state index contributed by atoms with van der Waals surface area (Å²) in [6, 6.07) is 3.90. The van der Waals surface area contributed by atoms with Crippen molar-refractivity contribution in [1.82, 2.24) is 0 Å². The lowest BCUT2D eigenvalue weighted by molar-refractivity contribution is -0.135. The molecule has 2 atom stereocenters. The van der Waals surface area contributed by atoms with Crippen LogP contribution in [0.5, 0.6) is 11.5 Å². The molecule has 2 nitrogen and oxygen atoms in total. The van der Waals surface area contributed by atoms with Crippen LogP contribution in [0.25, 0.3) is 0 Å².